The Labute approximate surface area is 400 Å². The molecule has 1 atom stereocenters. The summed E-state index contributed by atoms with van der Waals surface area (Å²) in [6, 6.07) is 0. The second-order valence-corrected chi connectivity index (χ2v) is 17.4. The van der Waals surface area contributed by atoms with Crippen molar-refractivity contribution in [2.75, 3.05) is 13.2 Å². The summed E-state index contributed by atoms with van der Waals surface area (Å²) >= 11 is 0. The van der Waals surface area contributed by atoms with Crippen molar-refractivity contribution >= 4 is 17.9 Å². The van der Waals surface area contributed by atoms with Gasteiger partial charge in [0.25, 0.3) is 0 Å². The van der Waals surface area contributed by atoms with Crippen LogP contribution in [-0.2, 0) is 28.6 Å². The second-order valence-electron chi connectivity index (χ2n) is 17.4. The Kier molecular flexibility index (Phi) is 50.0. The summed E-state index contributed by atoms with van der Waals surface area (Å²) in [6.45, 7) is 6.41. The van der Waals surface area contributed by atoms with Crippen molar-refractivity contribution in [1.82, 2.24) is 0 Å². The van der Waals surface area contributed by atoms with Crippen LogP contribution in [0.3, 0.4) is 0 Å². The van der Waals surface area contributed by atoms with Crippen molar-refractivity contribution < 1.29 is 28.6 Å². The molecular weight excluding hydrogens is 805 g/mol. The smallest absolute Gasteiger partial charge is 0.306 e. The van der Waals surface area contributed by atoms with Gasteiger partial charge in [-0.2, -0.15) is 0 Å². The maximum absolute atomic E-state index is 12.7. The first-order valence-electron chi connectivity index (χ1n) is 26.7. The van der Waals surface area contributed by atoms with E-state index in [9.17, 15) is 14.4 Å². The number of unbranched alkanes of at least 4 members (excludes halogenated alkanes) is 20. The number of allylic oxidation sites excluding steroid dienone is 16. The highest BCUT2D eigenvalue weighted by Gasteiger charge is 2.19. The van der Waals surface area contributed by atoms with Crippen LogP contribution >= 0.6 is 0 Å². The van der Waals surface area contributed by atoms with Gasteiger partial charge < -0.3 is 14.2 Å². The third kappa shape index (κ3) is 51.2. The molecule has 0 aromatic carbocycles. The Morgan fingerprint density at radius 1 is 0.323 bits per heavy atom. The van der Waals surface area contributed by atoms with Crippen LogP contribution in [0, 0.1) is 0 Å². The maximum atomic E-state index is 12.7. The molecule has 0 saturated heterocycles. The third-order valence-electron chi connectivity index (χ3n) is 11.1. The van der Waals surface area contributed by atoms with Crippen molar-refractivity contribution in [2.24, 2.45) is 0 Å². The number of rotatable bonds is 47. The van der Waals surface area contributed by atoms with Gasteiger partial charge in [0.05, 0.1) is 0 Å². The quantitative estimate of drug-likeness (QED) is 0.0262. The first-order valence-corrected chi connectivity index (χ1v) is 26.7. The first-order chi connectivity index (χ1) is 32.0. The number of carbonyl (C=O) groups excluding carboxylic acids is 3. The van der Waals surface area contributed by atoms with Crippen molar-refractivity contribution in [3.05, 3.63) is 97.2 Å². The normalized spacial score (nSPS) is 12.8. The molecule has 0 aliphatic heterocycles. The molecule has 0 bridgehead atoms. The topological polar surface area (TPSA) is 78.9 Å². The van der Waals surface area contributed by atoms with Crippen LogP contribution in [0.5, 0.6) is 0 Å². The van der Waals surface area contributed by atoms with Crippen LogP contribution in [0.2, 0.25) is 0 Å². The van der Waals surface area contributed by atoms with E-state index in [0.717, 1.165) is 128 Å². The lowest BCUT2D eigenvalue weighted by atomic mass is 10.0. The lowest BCUT2D eigenvalue weighted by Gasteiger charge is -2.18. The van der Waals surface area contributed by atoms with Gasteiger partial charge in [0.1, 0.15) is 13.2 Å². The Balaban J connectivity index is 4.16. The highest BCUT2D eigenvalue weighted by molar-refractivity contribution is 5.71. The zero-order valence-electron chi connectivity index (χ0n) is 42.2. The monoisotopic (exact) mass is 903 g/mol. The van der Waals surface area contributed by atoms with Crippen molar-refractivity contribution in [3.63, 3.8) is 0 Å². The average Bonchev–Trinajstić information content (AvgIpc) is 3.30. The van der Waals surface area contributed by atoms with Crippen molar-refractivity contribution in [1.29, 1.82) is 0 Å². The van der Waals surface area contributed by atoms with E-state index in [2.05, 4.69) is 118 Å². The molecule has 0 aromatic rings. The van der Waals surface area contributed by atoms with E-state index in [-0.39, 0.29) is 31.1 Å². The van der Waals surface area contributed by atoms with Crippen molar-refractivity contribution in [2.45, 2.75) is 245 Å². The summed E-state index contributed by atoms with van der Waals surface area (Å²) in [5, 5.41) is 0. The molecule has 0 N–H and O–H groups in total. The Bertz CT molecular complexity index is 1310. The SMILES string of the molecule is CC/C=C\C/C=C\C/C=C\C/C=C\C/C=C\C/C=C\C/C=C\C/C=C\CCCCCCC(=O)OCC(COC(=O)CCCCCCC)OC(=O)CCCCCCCCCCCCCCC. The number of hydrogen-bond acceptors (Lipinski definition) is 6. The highest BCUT2D eigenvalue weighted by atomic mass is 16.6. The van der Waals surface area contributed by atoms with Gasteiger partial charge in [-0.15, -0.1) is 0 Å². The van der Waals surface area contributed by atoms with Gasteiger partial charge in [-0.1, -0.05) is 234 Å². The van der Waals surface area contributed by atoms with Gasteiger partial charge in [0.15, 0.2) is 6.10 Å². The summed E-state index contributed by atoms with van der Waals surface area (Å²) in [5.74, 6) is -0.926. The van der Waals surface area contributed by atoms with Crippen LogP contribution in [0.1, 0.15) is 239 Å². The minimum absolute atomic E-state index is 0.0851. The number of esters is 3. The third-order valence-corrected chi connectivity index (χ3v) is 11.1. The van der Waals surface area contributed by atoms with E-state index in [0.29, 0.717) is 19.3 Å². The minimum Gasteiger partial charge on any atom is -0.462 e. The van der Waals surface area contributed by atoms with Crippen LogP contribution < -0.4 is 0 Å². The summed E-state index contributed by atoms with van der Waals surface area (Å²) in [7, 11) is 0. The molecule has 0 radical (unpaired) electrons. The van der Waals surface area contributed by atoms with E-state index in [1.54, 1.807) is 0 Å². The molecule has 0 spiro atoms. The first kappa shape index (κ1) is 61.3. The predicted octanol–water partition coefficient (Wildman–Crippen LogP) is 17.8. The highest BCUT2D eigenvalue weighted by Crippen LogP contribution is 2.14. The van der Waals surface area contributed by atoms with Gasteiger partial charge in [-0.3, -0.25) is 14.4 Å². The lowest BCUT2D eigenvalue weighted by Crippen LogP contribution is -2.30. The molecule has 0 fully saturated rings. The van der Waals surface area contributed by atoms with Crippen LogP contribution in [0.4, 0.5) is 0 Å². The average molecular weight is 903 g/mol. The summed E-state index contributed by atoms with van der Waals surface area (Å²) in [4.78, 5) is 37.6. The second kappa shape index (κ2) is 52.9. The standard InChI is InChI=1S/C59H98O6/c1-4-7-10-13-15-17-19-21-22-23-24-25-26-27-28-29-30-31-32-33-34-35-36-38-39-41-43-46-49-52-58(61)64-55-56(54-63-57(60)51-48-45-12-9-6-3)65-59(62)53-50-47-44-42-40-37-20-18-16-14-11-8-5-2/h7,10,15,17,21-22,24-25,27-28,30-31,33-34,36,38,56H,4-6,8-9,11-14,16,18-20,23,26,29,32,35,37,39-55H2,1-3H3/b10-7-,17-15-,22-21-,25-24-,28-27-,31-30-,34-33-,38-36-. The lowest BCUT2D eigenvalue weighted by molar-refractivity contribution is -0.167. The minimum atomic E-state index is -0.782. The van der Waals surface area contributed by atoms with Crippen molar-refractivity contribution in [3.8, 4) is 0 Å². The molecule has 0 aliphatic rings. The molecular formula is C59H98O6. The van der Waals surface area contributed by atoms with Crippen LogP contribution in [0.25, 0.3) is 0 Å². The van der Waals surface area contributed by atoms with E-state index in [1.807, 2.05) is 0 Å². The van der Waals surface area contributed by atoms with E-state index >= 15 is 0 Å². The molecule has 0 rings (SSSR count). The molecule has 0 amide bonds. The van der Waals surface area contributed by atoms with Crippen LogP contribution in [-0.4, -0.2) is 37.2 Å². The Hall–Kier alpha value is -3.67. The Morgan fingerprint density at radius 3 is 0.938 bits per heavy atom. The zero-order valence-corrected chi connectivity index (χ0v) is 42.2. The molecule has 0 heterocycles. The van der Waals surface area contributed by atoms with Gasteiger partial charge in [-0.25, -0.2) is 0 Å². The molecule has 370 valence electrons. The maximum Gasteiger partial charge on any atom is 0.306 e. The molecule has 0 aliphatic carbocycles. The fraction of sp³-hybridized carbons (Fsp3) is 0.678. The van der Waals surface area contributed by atoms with Gasteiger partial charge in [0, 0.05) is 19.3 Å². The zero-order chi connectivity index (χ0) is 47.2. The fourth-order valence-electron chi connectivity index (χ4n) is 7.10. The molecule has 6 heteroatoms. The molecule has 1 unspecified atom stereocenters. The van der Waals surface area contributed by atoms with E-state index in [1.165, 1.54) is 70.6 Å². The summed E-state index contributed by atoms with van der Waals surface area (Å²) in [6.07, 6.45) is 70.1. The fourth-order valence-corrected chi connectivity index (χ4v) is 7.10. The number of carbonyl (C=O) groups is 3. The van der Waals surface area contributed by atoms with E-state index in [4.69, 9.17) is 14.2 Å². The Morgan fingerprint density at radius 2 is 0.600 bits per heavy atom. The number of hydrogen-bond donors (Lipinski definition) is 0. The summed E-state index contributed by atoms with van der Waals surface area (Å²) in [5.41, 5.74) is 0. The van der Waals surface area contributed by atoms with Crippen LogP contribution in [0.15, 0.2) is 97.2 Å². The molecule has 6 nitrogen and oxygen atoms in total. The van der Waals surface area contributed by atoms with Gasteiger partial charge in [-0.05, 0) is 83.5 Å². The van der Waals surface area contributed by atoms with Gasteiger partial charge >= 0.3 is 17.9 Å². The predicted molar refractivity (Wildman–Crippen MR) is 279 cm³/mol. The van der Waals surface area contributed by atoms with Gasteiger partial charge in [0.2, 0.25) is 0 Å². The largest absolute Gasteiger partial charge is 0.462 e. The van der Waals surface area contributed by atoms with E-state index < -0.39 is 6.10 Å². The molecule has 0 aromatic heterocycles. The summed E-state index contributed by atoms with van der Waals surface area (Å²) < 4.78 is 16.6. The molecule has 0 saturated carbocycles. The number of ether oxygens (including phenoxy) is 3. The molecule has 65 heavy (non-hydrogen) atoms.